The Kier molecular flexibility index (Phi) is 6.92. The summed E-state index contributed by atoms with van der Waals surface area (Å²) in [4.78, 5) is 20.1. The van der Waals surface area contributed by atoms with E-state index in [2.05, 4.69) is 17.1 Å². The van der Waals surface area contributed by atoms with Crippen molar-refractivity contribution >= 4 is 11.8 Å². The van der Waals surface area contributed by atoms with Crippen molar-refractivity contribution in [3.8, 4) is 0 Å². The first-order valence-electron chi connectivity index (χ1n) is 12.0. The van der Waals surface area contributed by atoms with Crippen molar-refractivity contribution in [2.75, 3.05) is 19.7 Å². The van der Waals surface area contributed by atoms with Crippen LogP contribution in [0.3, 0.4) is 0 Å². The second-order valence-electron chi connectivity index (χ2n) is 9.50. The first-order chi connectivity index (χ1) is 13.7. The maximum atomic E-state index is 12.8. The largest absolute Gasteiger partial charge is 0.478 e. The third kappa shape index (κ3) is 4.72. The van der Waals surface area contributed by atoms with Crippen LogP contribution in [0.4, 0.5) is 0 Å². The van der Waals surface area contributed by atoms with Crippen LogP contribution in [-0.4, -0.2) is 54.5 Å². The number of carbonyl (C=O) groups is 1. The van der Waals surface area contributed by atoms with Gasteiger partial charge in [0.05, 0.1) is 18.6 Å². The van der Waals surface area contributed by atoms with Gasteiger partial charge in [0.1, 0.15) is 6.61 Å². The molecule has 4 rings (SSSR count). The van der Waals surface area contributed by atoms with Crippen molar-refractivity contribution < 1.29 is 9.53 Å². The van der Waals surface area contributed by atoms with E-state index in [1.807, 2.05) is 0 Å². The molecule has 0 aromatic heterocycles. The van der Waals surface area contributed by atoms with Crippen LogP contribution < -0.4 is 5.32 Å². The van der Waals surface area contributed by atoms with Gasteiger partial charge in [-0.05, 0) is 56.9 Å². The van der Waals surface area contributed by atoms with Crippen molar-refractivity contribution in [3.05, 3.63) is 0 Å². The molecule has 5 nitrogen and oxygen atoms in total. The van der Waals surface area contributed by atoms with E-state index in [4.69, 9.17) is 9.73 Å². The molecule has 28 heavy (non-hydrogen) atoms. The number of amides is 1. The Labute approximate surface area is 170 Å². The predicted octanol–water partition coefficient (Wildman–Crippen LogP) is 3.91. The standard InChI is InChI=1S/C23H39N3O2/c1-2-17-9-6-7-12-19(17)24-22(27)15-26-14-8-13-21(26)23-25-20(16-28-23)18-10-4-3-5-11-18/h17-21H,2-16H2,1H3,(H,24,27). The van der Waals surface area contributed by atoms with E-state index in [0.29, 0.717) is 30.5 Å². The molecule has 2 aliphatic carbocycles. The lowest BCUT2D eigenvalue weighted by Gasteiger charge is -2.32. The summed E-state index contributed by atoms with van der Waals surface area (Å²) >= 11 is 0. The topological polar surface area (TPSA) is 53.9 Å². The molecular weight excluding hydrogens is 350 g/mol. The number of ether oxygens (including phenoxy) is 1. The molecule has 5 heteroatoms. The molecule has 3 fully saturated rings. The van der Waals surface area contributed by atoms with Crippen LogP contribution in [0.15, 0.2) is 4.99 Å². The number of rotatable bonds is 6. The fraction of sp³-hybridized carbons (Fsp3) is 0.913. The Morgan fingerprint density at radius 1 is 1.07 bits per heavy atom. The Balaban J connectivity index is 1.31. The number of aliphatic imine (C=N–C) groups is 1. The molecular formula is C23H39N3O2. The highest BCUT2D eigenvalue weighted by Crippen LogP contribution is 2.32. The highest BCUT2D eigenvalue weighted by Gasteiger charge is 2.37. The van der Waals surface area contributed by atoms with Crippen LogP contribution >= 0.6 is 0 Å². The fourth-order valence-corrected chi connectivity index (χ4v) is 5.97. The summed E-state index contributed by atoms with van der Waals surface area (Å²) in [5, 5.41) is 3.36. The second kappa shape index (κ2) is 9.60. The summed E-state index contributed by atoms with van der Waals surface area (Å²) in [5.41, 5.74) is 0. The maximum Gasteiger partial charge on any atom is 0.234 e. The normalized spacial score (nSPS) is 34.8. The lowest BCUT2D eigenvalue weighted by Crippen LogP contribution is -2.48. The Morgan fingerprint density at radius 2 is 1.86 bits per heavy atom. The number of nitrogens with one attached hydrogen (secondary N) is 1. The molecule has 2 saturated carbocycles. The average Bonchev–Trinajstić information content (AvgIpc) is 3.38. The summed E-state index contributed by atoms with van der Waals surface area (Å²) in [6.45, 7) is 4.49. The van der Waals surface area contributed by atoms with Gasteiger partial charge in [0.25, 0.3) is 0 Å². The number of carbonyl (C=O) groups excluding carboxylic acids is 1. The van der Waals surface area contributed by atoms with Crippen LogP contribution in [0.25, 0.3) is 0 Å². The van der Waals surface area contributed by atoms with Gasteiger partial charge in [-0.2, -0.15) is 0 Å². The van der Waals surface area contributed by atoms with E-state index in [-0.39, 0.29) is 11.9 Å². The number of hydrogen-bond donors (Lipinski definition) is 1. The monoisotopic (exact) mass is 389 g/mol. The van der Waals surface area contributed by atoms with Gasteiger partial charge in [-0.15, -0.1) is 0 Å². The second-order valence-corrected chi connectivity index (χ2v) is 9.50. The quantitative estimate of drug-likeness (QED) is 0.749. The Bertz CT molecular complexity index is 558. The van der Waals surface area contributed by atoms with Gasteiger partial charge in [0.2, 0.25) is 11.8 Å². The molecule has 2 heterocycles. The van der Waals surface area contributed by atoms with Crippen molar-refractivity contribution in [1.29, 1.82) is 0 Å². The van der Waals surface area contributed by atoms with Gasteiger partial charge >= 0.3 is 0 Å². The molecule has 0 aromatic carbocycles. The molecule has 4 atom stereocenters. The zero-order valence-corrected chi connectivity index (χ0v) is 17.7. The van der Waals surface area contributed by atoms with Crippen molar-refractivity contribution in [2.24, 2.45) is 16.8 Å². The summed E-state index contributed by atoms with van der Waals surface area (Å²) in [6, 6.07) is 0.954. The lowest BCUT2D eigenvalue weighted by atomic mass is 9.83. The Hall–Kier alpha value is -1.10. The van der Waals surface area contributed by atoms with Gasteiger partial charge in [-0.3, -0.25) is 9.69 Å². The minimum atomic E-state index is 0.194. The SMILES string of the molecule is CCC1CCCCC1NC(=O)CN1CCCC1C1=NC(C2CCCCC2)CO1. The average molecular weight is 390 g/mol. The molecule has 1 saturated heterocycles. The lowest BCUT2D eigenvalue weighted by molar-refractivity contribution is -0.123. The number of likely N-dealkylation sites (tertiary alicyclic amines) is 1. The summed E-state index contributed by atoms with van der Waals surface area (Å²) in [5.74, 6) is 2.48. The molecule has 1 N–H and O–H groups in total. The summed E-state index contributed by atoms with van der Waals surface area (Å²) < 4.78 is 6.08. The third-order valence-corrected chi connectivity index (χ3v) is 7.66. The van der Waals surface area contributed by atoms with E-state index >= 15 is 0 Å². The molecule has 1 amide bonds. The summed E-state index contributed by atoms with van der Waals surface area (Å²) in [7, 11) is 0. The minimum absolute atomic E-state index is 0.194. The third-order valence-electron chi connectivity index (χ3n) is 7.66. The van der Waals surface area contributed by atoms with E-state index in [1.54, 1.807) is 0 Å². The number of nitrogens with zero attached hydrogens (tertiary/aromatic N) is 2. The molecule has 4 aliphatic rings. The fourth-order valence-electron chi connectivity index (χ4n) is 5.97. The first kappa shape index (κ1) is 20.2. The molecule has 0 spiro atoms. The van der Waals surface area contributed by atoms with E-state index < -0.39 is 0 Å². The van der Waals surface area contributed by atoms with E-state index in [1.165, 1.54) is 57.8 Å². The van der Waals surface area contributed by atoms with Gasteiger partial charge in [0.15, 0.2) is 0 Å². The van der Waals surface area contributed by atoms with Crippen molar-refractivity contribution in [1.82, 2.24) is 10.2 Å². The molecule has 2 aliphatic heterocycles. The first-order valence-corrected chi connectivity index (χ1v) is 12.0. The molecule has 0 radical (unpaired) electrons. The molecule has 4 unspecified atom stereocenters. The van der Waals surface area contributed by atoms with Gasteiger partial charge in [-0.1, -0.05) is 45.4 Å². The predicted molar refractivity (Wildman–Crippen MR) is 113 cm³/mol. The zero-order valence-electron chi connectivity index (χ0n) is 17.7. The van der Waals surface area contributed by atoms with Gasteiger partial charge < -0.3 is 10.1 Å². The van der Waals surface area contributed by atoms with Gasteiger partial charge in [-0.25, -0.2) is 4.99 Å². The smallest absolute Gasteiger partial charge is 0.234 e. The highest BCUT2D eigenvalue weighted by molar-refractivity contribution is 5.85. The van der Waals surface area contributed by atoms with Crippen molar-refractivity contribution in [3.63, 3.8) is 0 Å². The minimum Gasteiger partial charge on any atom is -0.478 e. The maximum absolute atomic E-state index is 12.8. The summed E-state index contributed by atoms with van der Waals surface area (Å²) in [6.07, 6.45) is 15.1. The van der Waals surface area contributed by atoms with Crippen molar-refractivity contribution in [2.45, 2.75) is 102 Å². The van der Waals surface area contributed by atoms with Crippen LogP contribution in [0.5, 0.6) is 0 Å². The highest BCUT2D eigenvalue weighted by atomic mass is 16.5. The Morgan fingerprint density at radius 3 is 2.68 bits per heavy atom. The van der Waals surface area contributed by atoms with Crippen LogP contribution in [0.2, 0.25) is 0 Å². The molecule has 158 valence electrons. The van der Waals surface area contributed by atoms with Crippen LogP contribution in [0.1, 0.15) is 84.0 Å². The van der Waals surface area contributed by atoms with E-state index in [9.17, 15) is 4.79 Å². The van der Waals surface area contributed by atoms with Crippen LogP contribution in [-0.2, 0) is 9.53 Å². The number of hydrogen-bond acceptors (Lipinski definition) is 4. The van der Waals surface area contributed by atoms with E-state index in [0.717, 1.165) is 38.3 Å². The van der Waals surface area contributed by atoms with Crippen LogP contribution in [0, 0.1) is 11.8 Å². The molecule has 0 bridgehead atoms. The van der Waals surface area contributed by atoms with Gasteiger partial charge in [0, 0.05) is 6.04 Å². The zero-order chi connectivity index (χ0) is 19.3. The molecule has 0 aromatic rings.